The highest BCUT2D eigenvalue weighted by Gasteiger charge is 2.33. The van der Waals surface area contributed by atoms with Gasteiger partial charge >= 0.3 is 0 Å². The molecular weight excluding hydrogens is 340 g/mol. The number of hydrogen-bond acceptors (Lipinski definition) is 3. The Morgan fingerprint density at radius 2 is 1.93 bits per heavy atom. The number of rotatable bonds is 2. The molecule has 0 amide bonds. The van der Waals surface area contributed by atoms with E-state index in [0.717, 1.165) is 44.6 Å². The van der Waals surface area contributed by atoms with Crippen LogP contribution < -0.4 is 9.46 Å². The molecule has 3 aromatic heterocycles. The van der Waals surface area contributed by atoms with Gasteiger partial charge in [0.1, 0.15) is 0 Å². The molecule has 0 spiro atoms. The fourth-order valence-corrected chi connectivity index (χ4v) is 4.16. The minimum absolute atomic E-state index is 0.0918. The van der Waals surface area contributed by atoms with E-state index in [1.807, 2.05) is 47.1 Å². The molecule has 1 aliphatic rings. The number of hydrogen-bond donors (Lipinski definition) is 0. The van der Waals surface area contributed by atoms with Crippen LogP contribution in [0.25, 0.3) is 22.2 Å². The number of aryl methyl sites for hydroxylation is 2. The zero-order valence-corrected chi connectivity index (χ0v) is 14.9. The molecule has 5 rings (SSSR count). The molecule has 6 heteroatoms. The van der Waals surface area contributed by atoms with Crippen LogP contribution in [0.3, 0.4) is 0 Å². The molecule has 4 heterocycles. The fraction of sp³-hybridized carbons (Fsp3) is 0.190. The molecule has 0 bridgehead atoms. The number of nitrogens with zero attached hydrogens (tertiary/aromatic N) is 4. The van der Waals surface area contributed by atoms with Gasteiger partial charge in [0.25, 0.3) is 0 Å². The van der Waals surface area contributed by atoms with Gasteiger partial charge in [0, 0.05) is 43.7 Å². The molecule has 0 fully saturated rings. The van der Waals surface area contributed by atoms with Crippen molar-refractivity contribution in [1.82, 2.24) is 9.78 Å². The van der Waals surface area contributed by atoms with Gasteiger partial charge in [-0.1, -0.05) is 12.1 Å². The van der Waals surface area contributed by atoms with Crippen molar-refractivity contribution in [3.05, 3.63) is 88.3 Å². The number of benzene rings is 1. The molecule has 0 aliphatic carbocycles. The van der Waals surface area contributed by atoms with Gasteiger partial charge in [-0.25, -0.2) is 0 Å². The summed E-state index contributed by atoms with van der Waals surface area (Å²) in [4.78, 5) is 0. The van der Waals surface area contributed by atoms with Crippen molar-refractivity contribution in [2.45, 2.75) is 25.8 Å². The molecule has 1 atom stereocenters. The summed E-state index contributed by atoms with van der Waals surface area (Å²) in [6, 6.07) is 15.1. The molecule has 1 aliphatic heterocycles. The summed E-state index contributed by atoms with van der Waals surface area (Å²) in [5.74, 6) is 0.0918. The molecule has 27 heavy (non-hydrogen) atoms. The standard InChI is InChI=1S/C21H18N4O2/c1-14-5-4-8-20(25(14)27)18-13-22-23-11-9-17(21(18)23)15-10-12-24(26)19-7-3-2-6-16(15)19/h2-8,10,12-13,17H,9,11H2,1H3. The molecule has 4 aromatic rings. The molecule has 0 saturated carbocycles. The Hall–Kier alpha value is -3.41. The third kappa shape index (κ3) is 2.30. The van der Waals surface area contributed by atoms with E-state index in [1.54, 1.807) is 25.4 Å². The van der Waals surface area contributed by atoms with Crippen LogP contribution >= 0.6 is 0 Å². The first-order chi connectivity index (χ1) is 13.1. The van der Waals surface area contributed by atoms with E-state index in [4.69, 9.17) is 0 Å². The van der Waals surface area contributed by atoms with Gasteiger partial charge in [-0.05, 0) is 24.1 Å². The second-order valence-corrected chi connectivity index (χ2v) is 6.97. The Kier molecular flexibility index (Phi) is 3.40. The van der Waals surface area contributed by atoms with E-state index < -0.39 is 0 Å². The van der Waals surface area contributed by atoms with E-state index in [1.165, 1.54) is 0 Å². The maximum atomic E-state index is 12.6. The molecule has 6 nitrogen and oxygen atoms in total. The molecule has 0 radical (unpaired) electrons. The Balaban J connectivity index is 1.72. The predicted octanol–water partition coefficient (Wildman–Crippen LogP) is 2.81. The van der Waals surface area contributed by atoms with Gasteiger partial charge in [-0.2, -0.15) is 14.6 Å². The average Bonchev–Trinajstić information content (AvgIpc) is 3.27. The van der Waals surface area contributed by atoms with Crippen molar-refractivity contribution in [1.29, 1.82) is 0 Å². The van der Waals surface area contributed by atoms with Crippen molar-refractivity contribution in [2.24, 2.45) is 0 Å². The fourth-order valence-electron chi connectivity index (χ4n) is 4.16. The molecule has 0 saturated heterocycles. The van der Waals surface area contributed by atoms with Gasteiger partial charge in [0.15, 0.2) is 11.9 Å². The lowest BCUT2D eigenvalue weighted by atomic mass is 9.89. The van der Waals surface area contributed by atoms with Crippen LogP contribution in [0.4, 0.5) is 0 Å². The Morgan fingerprint density at radius 1 is 1.07 bits per heavy atom. The molecule has 134 valence electrons. The van der Waals surface area contributed by atoms with Gasteiger partial charge in [-0.15, -0.1) is 0 Å². The van der Waals surface area contributed by atoms with E-state index >= 15 is 0 Å². The molecule has 1 aromatic carbocycles. The van der Waals surface area contributed by atoms with E-state index in [2.05, 4.69) is 5.10 Å². The monoisotopic (exact) mass is 358 g/mol. The van der Waals surface area contributed by atoms with Crippen LogP contribution in [0.5, 0.6) is 0 Å². The van der Waals surface area contributed by atoms with Crippen LogP contribution in [-0.2, 0) is 6.54 Å². The summed E-state index contributed by atoms with van der Waals surface area (Å²) in [5.41, 5.74) is 4.92. The second-order valence-electron chi connectivity index (χ2n) is 6.97. The predicted molar refractivity (Wildman–Crippen MR) is 101 cm³/mol. The first-order valence-electron chi connectivity index (χ1n) is 9.01. The summed E-state index contributed by atoms with van der Waals surface area (Å²) >= 11 is 0. The van der Waals surface area contributed by atoms with E-state index in [-0.39, 0.29) is 5.92 Å². The number of aromatic nitrogens is 4. The third-order valence-electron chi connectivity index (χ3n) is 5.46. The smallest absolute Gasteiger partial charge is 0.227 e. The normalized spacial score (nSPS) is 16.0. The van der Waals surface area contributed by atoms with Crippen molar-refractivity contribution in [3.8, 4) is 11.3 Å². The summed E-state index contributed by atoms with van der Waals surface area (Å²) in [7, 11) is 0. The van der Waals surface area contributed by atoms with Crippen LogP contribution in [0.2, 0.25) is 0 Å². The van der Waals surface area contributed by atoms with Crippen LogP contribution in [0.1, 0.15) is 29.3 Å². The van der Waals surface area contributed by atoms with Crippen LogP contribution in [0, 0.1) is 17.3 Å². The van der Waals surface area contributed by atoms with Gasteiger partial charge in [0.2, 0.25) is 11.2 Å². The highest BCUT2D eigenvalue weighted by Crippen LogP contribution is 2.41. The van der Waals surface area contributed by atoms with E-state index in [0.29, 0.717) is 16.9 Å². The lowest BCUT2D eigenvalue weighted by Gasteiger charge is -2.15. The molecular formula is C21H18N4O2. The lowest BCUT2D eigenvalue weighted by Crippen LogP contribution is -2.32. The summed E-state index contributed by atoms with van der Waals surface area (Å²) in [5, 5.41) is 30.2. The largest absolute Gasteiger partial charge is 0.618 e. The van der Waals surface area contributed by atoms with Crippen LogP contribution in [0.15, 0.2) is 60.9 Å². The van der Waals surface area contributed by atoms with Crippen molar-refractivity contribution in [2.75, 3.05) is 0 Å². The second kappa shape index (κ2) is 5.81. The summed E-state index contributed by atoms with van der Waals surface area (Å²) in [6.45, 7) is 2.60. The highest BCUT2D eigenvalue weighted by atomic mass is 16.5. The van der Waals surface area contributed by atoms with Gasteiger partial charge in [0.05, 0.1) is 22.8 Å². The topological polar surface area (TPSA) is 71.7 Å². The zero-order valence-electron chi connectivity index (χ0n) is 14.9. The lowest BCUT2D eigenvalue weighted by molar-refractivity contribution is -0.600. The maximum absolute atomic E-state index is 12.6. The van der Waals surface area contributed by atoms with Gasteiger partial charge in [-0.3, -0.25) is 4.68 Å². The Bertz CT molecular complexity index is 1180. The molecule has 1 unspecified atom stereocenters. The zero-order chi connectivity index (χ0) is 18.5. The molecule has 0 N–H and O–H groups in total. The maximum Gasteiger partial charge on any atom is 0.227 e. The Labute approximate surface area is 156 Å². The summed E-state index contributed by atoms with van der Waals surface area (Å²) < 4.78 is 3.84. The minimum atomic E-state index is 0.0918. The van der Waals surface area contributed by atoms with Crippen molar-refractivity contribution < 1.29 is 9.46 Å². The quantitative estimate of drug-likeness (QED) is 0.409. The van der Waals surface area contributed by atoms with E-state index in [9.17, 15) is 10.4 Å². The minimum Gasteiger partial charge on any atom is -0.618 e. The first-order valence-corrected chi connectivity index (χ1v) is 9.01. The number of pyridine rings is 2. The van der Waals surface area contributed by atoms with Crippen LogP contribution in [-0.4, -0.2) is 9.78 Å². The van der Waals surface area contributed by atoms with Gasteiger partial charge < -0.3 is 10.4 Å². The number of para-hydroxylation sites is 1. The SMILES string of the molecule is Cc1cccc(-c2cnn3c2C(c2cc[n+]([O-])c4ccccc24)CC3)[n+]1[O-]. The first kappa shape index (κ1) is 15.8. The van der Waals surface area contributed by atoms with Crippen molar-refractivity contribution >= 4 is 10.9 Å². The number of fused-ring (bicyclic) bond motifs is 2. The summed E-state index contributed by atoms with van der Waals surface area (Å²) in [6.07, 6.45) is 4.24. The Morgan fingerprint density at radius 3 is 2.81 bits per heavy atom. The highest BCUT2D eigenvalue weighted by molar-refractivity contribution is 5.81. The third-order valence-corrected chi connectivity index (χ3v) is 5.46. The van der Waals surface area contributed by atoms with Crippen molar-refractivity contribution in [3.63, 3.8) is 0 Å². The average molecular weight is 358 g/mol.